The second kappa shape index (κ2) is 3.97. The summed E-state index contributed by atoms with van der Waals surface area (Å²) in [5.41, 5.74) is 0.751. The number of aryl methyl sites for hydroxylation is 1. The maximum absolute atomic E-state index is 5.27. The first-order valence-corrected chi connectivity index (χ1v) is 3.96. The van der Waals surface area contributed by atoms with Crippen LogP contribution in [0.1, 0.15) is 17.3 Å². The maximum atomic E-state index is 5.27. The molecular weight excluding hydrogens is 170 g/mol. The Morgan fingerprint density at radius 3 is 2.92 bits per heavy atom. The van der Waals surface area contributed by atoms with Crippen molar-refractivity contribution in [2.45, 2.75) is 6.92 Å². The van der Waals surface area contributed by atoms with Gasteiger partial charge in [0, 0.05) is 12.3 Å². The second-order valence-electron chi connectivity index (χ2n) is 2.18. The fraction of sp³-hybridized carbons (Fsp3) is 0.111. The topological polar surface area (TPSA) is 26.0 Å². The molecule has 1 rings (SSSR count). The number of oxazole rings is 1. The van der Waals surface area contributed by atoms with Gasteiger partial charge in [-0.15, -0.1) is 0 Å². The molecule has 0 saturated carbocycles. The Hall–Kier alpha value is -1.22. The predicted octanol–water partition coefficient (Wildman–Crippen LogP) is 2.64. The van der Waals surface area contributed by atoms with Crippen LogP contribution in [0.4, 0.5) is 0 Å². The quantitative estimate of drug-likeness (QED) is 0.527. The molecule has 0 unspecified atom stereocenters. The molecule has 62 valence electrons. The van der Waals surface area contributed by atoms with Gasteiger partial charge in [-0.25, -0.2) is 4.98 Å². The highest BCUT2D eigenvalue weighted by Gasteiger charge is 2.02. The number of nitrogens with zero attached hydrogens (tertiary/aromatic N) is 1. The van der Waals surface area contributed by atoms with Gasteiger partial charge in [-0.1, -0.05) is 18.8 Å². The lowest BCUT2D eigenvalue weighted by atomic mass is 10.3. The van der Waals surface area contributed by atoms with Crippen molar-refractivity contribution in [2.24, 2.45) is 0 Å². The molecule has 0 atom stereocenters. The summed E-state index contributed by atoms with van der Waals surface area (Å²) in [5, 5.41) is 1.52. The Balaban J connectivity index is 3.04. The van der Waals surface area contributed by atoms with Gasteiger partial charge in [0.05, 0.1) is 0 Å². The average molecular weight is 179 g/mol. The minimum atomic E-state index is 0.633. The summed E-state index contributed by atoms with van der Waals surface area (Å²) < 4.78 is 5.27. The summed E-state index contributed by atoms with van der Waals surface area (Å²) in [6.45, 7) is 5.41. The van der Waals surface area contributed by atoms with Crippen LogP contribution in [0.2, 0.25) is 0 Å². The zero-order valence-corrected chi connectivity index (χ0v) is 7.60. The Kier molecular flexibility index (Phi) is 2.94. The Morgan fingerprint density at radius 1 is 1.58 bits per heavy atom. The van der Waals surface area contributed by atoms with E-state index in [2.05, 4.69) is 23.8 Å². The molecule has 1 heterocycles. The van der Waals surface area contributed by atoms with Crippen molar-refractivity contribution in [1.29, 1.82) is 0 Å². The summed E-state index contributed by atoms with van der Waals surface area (Å²) in [6.07, 6.45) is 5.14. The van der Waals surface area contributed by atoms with Gasteiger partial charge in [0.25, 0.3) is 0 Å². The lowest BCUT2D eigenvalue weighted by Gasteiger charge is -1.83. The van der Waals surface area contributed by atoms with Crippen molar-refractivity contribution in [3.05, 3.63) is 30.0 Å². The highest BCUT2D eigenvalue weighted by atomic mass is 32.1. The van der Waals surface area contributed by atoms with Crippen LogP contribution < -0.4 is 0 Å². The summed E-state index contributed by atoms with van der Waals surface area (Å²) in [4.78, 5) is 4.10. The van der Waals surface area contributed by atoms with Crippen LogP contribution in [0.25, 0.3) is 12.2 Å². The van der Waals surface area contributed by atoms with Crippen molar-refractivity contribution in [3.63, 3.8) is 0 Å². The van der Waals surface area contributed by atoms with Crippen LogP contribution in [0.3, 0.4) is 0 Å². The monoisotopic (exact) mass is 179 g/mol. The smallest absolute Gasteiger partial charge is 0.192 e. The Morgan fingerprint density at radius 2 is 2.33 bits per heavy atom. The minimum absolute atomic E-state index is 0.633. The first-order valence-electron chi connectivity index (χ1n) is 3.49. The van der Waals surface area contributed by atoms with Gasteiger partial charge < -0.3 is 4.42 Å². The third-order valence-corrected chi connectivity index (χ3v) is 1.46. The van der Waals surface area contributed by atoms with E-state index in [1.54, 1.807) is 25.2 Å². The van der Waals surface area contributed by atoms with Gasteiger partial charge in [0.15, 0.2) is 11.7 Å². The highest BCUT2D eigenvalue weighted by molar-refractivity contribution is 7.79. The number of thiocarbonyl (C=S) groups is 1. The fourth-order valence-electron chi connectivity index (χ4n) is 0.851. The summed E-state index contributed by atoms with van der Waals surface area (Å²) in [6, 6.07) is 0. The molecule has 0 radical (unpaired) electrons. The average Bonchev–Trinajstić information content (AvgIpc) is 2.42. The largest absolute Gasteiger partial charge is 0.441 e. The summed E-state index contributed by atoms with van der Waals surface area (Å²) in [5.74, 6) is 1.33. The lowest BCUT2D eigenvalue weighted by molar-refractivity contribution is 0.513. The molecule has 1 aromatic rings. The molecule has 0 spiro atoms. The van der Waals surface area contributed by atoms with Gasteiger partial charge in [0.1, 0.15) is 5.69 Å². The van der Waals surface area contributed by atoms with E-state index in [1.807, 2.05) is 0 Å². The van der Waals surface area contributed by atoms with Crippen molar-refractivity contribution in [1.82, 2.24) is 4.98 Å². The molecule has 3 heteroatoms. The summed E-state index contributed by atoms with van der Waals surface area (Å²) >= 11 is 4.64. The van der Waals surface area contributed by atoms with E-state index in [4.69, 9.17) is 4.42 Å². The lowest BCUT2D eigenvalue weighted by Crippen LogP contribution is -1.73. The SMILES string of the molecule is C=Cc1nc(C)oc1/C=C\C=S. The Bertz CT molecular complexity index is 325. The van der Waals surface area contributed by atoms with Crippen LogP contribution in [0.5, 0.6) is 0 Å². The maximum Gasteiger partial charge on any atom is 0.192 e. The van der Waals surface area contributed by atoms with E-state index < -0.39 is 0 Å². The van der Waals surface area contributed by atoms with E-state index in [-0.39, 0.29) is 0 Å². The zero-order chi connectivity index (χ0) is 8.97. The number of hydrogen-bond acceptors (Lipinski definition) is 3. The van der Waals surface area contributed by atoms with Gasteiger partial charge in [0.2, 0.25) is 0 Å². The zero-order valence-electron chi connectivity index (χ0n) is 6.78. The van der Waals surface area contributed by atoms with Crippen LogP contribution in [0, 0.1) is 6.92 Å². The molecule has 0 bridgehead atoms. The van der Waals surface area contributed by atoms with Crippen LogP contribution >= 0.6 is 12.2 Å². The van der Waals surface area contributed by atoms with E-state index in [0.717, 1.165) is 5.69 Å². The molecule has 0 N–H and O–H groups in total. The second-order valence-corrected chi connectivity index (χ2v) is 2.45. The molecule has 12 heavy (non-hydrogen) atoms. The molecule has 0 saturated heterocycles. The van der Waals surface area contributed by atoms with Crippen molar-refractivity contribution >= 4 is 29.7 Å². The molecule has 0 aromatic carbocycles. The van der Waals surface area contributed by atoms with Crippen molar-refractivity contribution in [3.8, 4) is 0 Å². The number of allylic oxidation sites excluding steroid dienone is 1. The van der Waals surface area contributed by atoms with Crippen LogP contribution in [-0.4, -0.2) is 10.4 Å². The molecule has 0 aliphatic carbocycles. The van der Waals surface area contributed by atoms with E-state index >= 15 is 0 Å². The first-order chi connectivity index (χ1) is 5.77. The van der Waals surface area contributed by atoms with Crippen molar-refractivity contribution < 1.29 is 4.42 Å². The van der Waals surface area contributed by atoms with Gasteiger partial charge >= 0.3 is 0 Å². The molecule has 0 aliphatic heterocycles. The fourth-order valence-corrected chi connectivity index (χ4v) is 0.930. The Labute approximate surface area is 76.6 Å². The molecule has 2 nitrogen and oxygen atoms in total. The normalized spacial score (nSPS) is 10.4. The molecule has 1 aromatic heterocycles. The standard InChI is InChI=1S/C9H9NOS/c1-3-8-9(5-4-6-12)11-7(2)10-8/h3-6H,1H2,2H3/b5-4-. The molecule has 0 amide bonds. The van der Waals surface area contributed by atoms with Crippen LogP contribution in [-0.2, 0) is 0 Å². The predicted molar refractivity (Wildman–Crippen MR) is 54.0 cm³/mol. The number of rotatable bonds is 3. The van der Waals surface area contributed by atoms with E-state index in [1.165, 1.54) is 5.37 Å². The number of hydrogen-bond donors (Lipinski definition) is 0. The molecular formula is C9H9NOS. The van der Waals surface area contributed by atoms with Gasteiger partial charge in [-0.3, -0.25) is 0 Å². The minimum Gasteiger partial charge on any atom is -0.441 e. The molecule has 0 fully saturated rings. The van der Waals surface area contributed by atoms with E-state index in [9.17, 15) is 0 Å². The van der Waals surface area contributed by atoms with Gasteiger partial charge in [-0.2, -0.15) is 0 Å². The van der Waals surface area contributed by atoms with Crippen LogP contribution in [0.15, 0.2) is 17.1 Å². The highest BCUT2D eigenvalue weighted by Crippen LogP contribution is 2.12. The molecule has 0 aliphatic rings. The third kappa shape index (κ3) is 1.89. The van der Waals surface area contributed by atoms with Crippen molar-refractivity contribution in [2.75, 3.05) is 0 Å². The van der Waals surface area contributed by atoms with Gasteiger partial charge in [-0.05, 0) is 18.2 Å². The summed E-state index contributed by atoms with van der Waals surface area (Å²) in [7, 11) is 0. The first kappa shape index (κ1) is 8.87. The third-order valence-electron chi connectivity index (χ3n) is 1.31. The van der Waals surface area contributed by atoms with E-state index in [0.29, 0.717) is 11.7 Å². The number of aromatic nitrogens is 1.